The second kappa shape index (κ2) is 6.09. The molecule has 1 heterocycles. The van der Waals surface area contributed by atoms with Gasteiger partial charge < -0.3 is 10.3 Å². The van der Waals surface area contributed by atoms with Crippen LogP contribution in [0.3, 0.4) is 0 Å². The number of hydrogen-bond donors (Lipinski definition) is 1. The average Bonchev–Trinajstić information content (AvgIpc) is 2.28. The molecule has 0 aliphatic heterocycles. The van der Waals surface area contributed by atoms with E-state index >= 15 is 0 Å². The van der Waals surface area contributed by atoms with Crippen LogP contribution in [0.1, 0.15) is 38.2 Å². The van der Waals surface area contributed by atoms with Gasteiger partial charge in [-0.15, -0.1) is 0 Å². The molecule has 4 heteroatoms. The Morgan fingerprint density at radius 2 is 2.06 bits per heavy atom. The van der Waals surface area contributed by atoms with Gasteiger partial charge in [-0.05, 0) is 34.8 Å². The van der Waals surface area contributed by atoms with E-state index < -0.39 is 0 Å². The highest BCUT2D eigenvalue weighted by Crippen LogP contribution is 2.18. The van der Waals surface area contributed by atoms with Gasteiger partial charge in [0.05, 0.1) is 0 Å². The summed E-state index contributed by atoms with van der Waals surface area (Å²) in [6.07, 6.45) is 6.45. The smallest absolute Gasteiger partial charge is 0.274 e. The summed E-state index contributed by atoms with van der Waals surface area (Å²) < 4.78 is 2.60. The van der Waals surface area contributed by atoms with E-state index in [-0.39, 0.29) is 5.56 Å². The molecular formula is C12H19BrN2O. The van der Waals surface area contributed by atoms with Crippen LogP contribution in [0.25, 0.3) is 0 Å². The fourth-order valence-corrected chi connectivity index (χ4v) is 2.07. The van der Waals surface area contributed by atoms with E-state index in [1.165, 1.54) is 12.8 Å². The van der Waals surface area contributed by atoms with Gasteiger partial charge in [0.1, 0.15) is 5.69 Å². The van der Waals surface area contributed by atoms with Crippen molar-refractivity contribution in [2.45, 2.75) is 46.1 Å². The number of aryl methyl sites for hydroxylation is 1. The quantitative estimate of drug-likeness (QED) is 0.846. The maximum atomic E-state index is 11.8. The molecule has 1 aromatic rings. The number of nitrogens with two attached hydrogens (primary N) is 1. The molecule has 1 aromatic heterocycles. The van der Waals surface area contributed by atoms with Crippen molar-refractivity contribution in [3.8, 4) is 0 Å². The van der Waals surface area contributed by atoms with Crippen molar-refractivity contribution in [3.05, 3.63) is 26.6 Å². The van der Waals surface area contributed by atoms with Crippen LogP contribution in [0, 0.1) is 6.92 Å². The van der Waals surface area contributed by atoms with Gasteiger partial charge in [-0.3, -0.25) is 4.79 Å². The zero-order valence-corrected chi connectivity index (χ0v) is 11.5. The number of rotatable bonds is 5. The van der Waals surface area contributed by atoms with Gasteiger partial charge in [0.2, 0.25) is 0 Å². The zero-order chi connectivity index (χ0) is 12.1. The molecule has 0 saturated carbocycles. The summed E-state index contributed by atoms with van der Waals surface area (Å²) in [7, 11) is 0. The van der Waals surface area contributed by atoms with Crippen LogP contribution in [0.4, 0.5) is 5.69 Å². The Hall–Kier alpha value is -0.770. The Kier molecular flexibility index (Phi) is 5.06. The largest absolute Gasteiger partial charge is 0.394 e. The summed E-state index contributed by atoms with van der Waals surface area (Å²) >= 11 is 3.41. The summed E-state index contributed by atoms with van der Waals surface area (Å²) in [5.41, 5.74) is 6.86. The van der Waals surface area contributed by atoms with Gasteiger partial charge in [-0.2, -0.15) is 0 Å². The van der Waals surface area contributed by atoms with Gasteiger partial charge in [-0.25, -0.2) is 0 Å². The number of nitrogens with zero attached hydrogens (tertiary/aromatic N) is 1. The molecule has 0 radical (unpaired) electrons. The topological polar surface area (TPSA) is 48.0 Å². The number of halogens is 1. The normalized spacial score (nSPS) is 10.7. The maximum absolute atomic E-state index is 11.8. The molecule has 0 aliphatic carbocycles. The summed E-state index contributed by atoms with van der Waals surface area (Å²) in [5, 5.41) is 0. The molecule has 1 rings (SSSR count). The standard InChI is InChI=1S/C12H19BrN2O/c1-3-4-5-6-7-15-8-10(13)9(2)11(14)12(15)16/h8H,3-7,14H2,1-2H3. The van der Waals surface area contributed by atoms with Crippen molar-refractivity contribution < 1.29 is 0 Å². The van der Waals surface area contributed by atoms with Crippen molar-refractivity contribution in [2.24, 2.45) is 0 Å². The summed E-state index contributed by atoms with van der Waals surface area (Å²) in [6.45, 7) is 4.77. The van der Waals surface area contributed by atoms with Gasteiger partial charge >= 0.3 is 0 Å². The fourth-order valence-electron chi connectivity index (χ4n) is 1.61. The van der Waals surface area contributed by atoms with Crippen molar-refractivity contribution >= 4 is 21.6 Å². The van der Waals surface area contributed by atoms with E-state index in [0.717, 1.165) is 29.4 Å². The van der Waals surface area contributed by atoms with Crippen molar-refractivity contribution in [1.82, 2.24) is 4.57 Å². The lowest BCUT2D eigenvalue weighted by Crippen LogP contribution is -2.23. The van der Waals surface area contributed by atoms with Crippen molar-refractivity contribution in [2.75, 3.05) is 5.73 Å². The van der Waals surface area contributed by atoms with Crippen molar-refractivity contribution in [3.63, 3.8) is 0 Å². The minimum absolute atomic E-state index is 0.0720. The first kappa shape index (κ1) is 13.3. The number of aromatic nitrogens is 1. The minimum Gasteiger partial charge on any atom is -0.394 e. The van der Waals surface area contributed by atoms with Crippen LogP contribution in [-0.2, 0) is 6.54 Å². The third-order valence-corrected chi connectivity index (χ3v) is 3.57. The number of pyridine rings is 1. The van der Waals surface area contributed by atoms with Crippen molar-refractivity contribution in [1.29, 1.82) is 0 Å². The molecule has 0 aromatic carbocycles. The molecule has 0 unspecified atom stereocenters. The van der Waals surface area contributed by atoms with E-state index in [0.29, 0.717) is 5.69 Å². The second-order valence-electron chi connectivity index (χ2n) is 4.07. The fraction of sp³-hybridized carbons (Fsp3) is 0.583. The van der Waals surface area contributed by atoms with E-state index in [9.17, 15) is 4.79 Å². The molecule has 0 aliphatic rings. The molecule has 2 N–H and O–H groups in total. The van der Waals surface area contributed by atoms with Gasteiger partial charge in [0, 0.05) is 17.2 Å². The summed E-state index contributed by atoms with van der Waals surface area (Å²) in [5.74, 6) is 0. The van der Waals surface area contributed by atoms with Crippen LogP contribution in [0.15, 0.2) is 15.5 Å². The number of unbranched alkanes of at least 4 members (excludes halogenated alkanes) is 3. The first-order valence-electron chi connectivity index (χ1n) is 5.73. The third-order valence-electron chi connectivity index (χ3n) is 2.78. The SMILES string of the molecule is CCCCCCn1cc(Br)c(C)c(N)c1=O. The first-order valence-corrected chi connectivity index (χ1v) is 6.52. The Bertz CT molecular complexity index is 412. The number of hydrogen-bond acceptors (Lipinski definition) is 2. The molecule has 16 heavy (non-hydrogen) atoms. The molecule has 0 spiro atoms. The minimum atomic E-state index is -0.0720. The van der Waals surface area contributed by atoms with E-state index in [1.807, 2.05) is 13.1 Å². The first-order chi connectivity index (χ1) is 7.57. The lowest BCUT2D eigenvalue weighted by atomic mass is 10.2. The van der Waals surface area contributed by atoms with Gasteiger partial charge in [-0.1, -0.05) is 26.2 Å². The highest BCUT2D eigenvalue weighted by molar-refractivity contribution is 9.10. The highest BCUT2D eigenvalue weighted by Gasteiger charge is 2.07. The molecule has 0 amide bonds. The third kappa shape index (κ3) is 3.11. The van der Waals surface area contributed by atoms with E-state index in [1.54, 1.807) is 4.57 Å². The Morgan fingerprint density at radius 1 is 1.38 bits per heavy atom. The van der Waals surface area contributed by atoms with Gasteiger partial charge in [0.25, 0.3) is 5.56 Å². The summed E-state index contributed by atoms with van der Waals surface area (Å²) in [4.78, 5) is 11.8. The number of anilines is 1. The van der Waals surface area contributed by atoms with Crippen LogP contribution < -0.4 is 11.3 Å². The Balaban J connectivity index is 2.78. The predicted molar refractivity (Wildman–Crippen MR) is 71.7 cm³/mol. The molecule has 0 fully saturated rings. The van der Waals surface area contributed by atoms with Crippen LogP contribution in [0.5, 0.6) is 0 Å². The van der Waals surface area contributed by atoms with Gasteiger partial charge in [0.15, 0.2) is 0 Å². The van der Waals surface area contributed by atoms with E-state index in [2.05, 4.69) is 22.9 Å². The second-order valence-corrected chi connectivity index (χ2v) is 4.93. The molecule has 0 atom stereocenters. The van der Waals surface area contributed by atoms with Crippen LogP contribution >= 0.6 is 15.9 Å². The van der Waals surface area contributed by atoms with E-state index in [4.69, 9.17) is 5.73 Å². The Morgan fingerprint density at radius 3 is 2.69 bits per heavy atom. The lowest BCUT2D eigenvalue weighted by molar-refractivity contribution is 0.570. The number of nitrogen functional groups attached to an aromatic ring is 1. The molecule has 0 bridgehead atoms. The van der Waals surface area contributed by atoms with Crippen LogP contribution in [0.2, 0.25) is 0 Å². The lowest BCUT2D eigenvalue weighted by Gasteiger charge is -2.10. The molecule has 0 saturated heterocycles. The summed E-state index contributed by atoms with van der Waals surface area (Å²) in [6, 6.07) is 0. The molecule has 3 nitrogen and oxygen atoms in total. The average molecular weight is 287 g/mol. The Labute approximate surface area is 105 Å². The van der Waals surface area contributed by atoms with Crippen LogP contribution in [-0.4, -0.2) is 4.57 Å². The zero-order valence-electron chi connectivity index (χ0n) is 9.92. The monoisotopic (exact) mass is 286 g/mol. The predicted octanol–water partition coefficient (Wildman–Crippen LogP) is 3.08. The molecular weight excluding hydrogens is 268 g/mol. The highest BCUT2D eigenvalue weighted by atomic mass is 79.9. The molecule has 90 valence electrons. The maximum Gasteiger partial charge on any atom is 0.274 e.